The third kappa shape index (κ3) is 3.23. The molecule has 0 fully saturated rings. The van der Waals surface area contributed by atoms with E-state index in [1.165, 1.54) is 37.4 Å². The maximum Gasteiger partial charge on any atom is 0.273 e. The fourth-order valence-electron chi connectivity index (χ4n) is 1.68. The third-order valence-electron chi connectivity index (χ3n) is 2.64. The Bertz CT molecular complexity index is 630. The number of halogens is 1. The van der Waals surface area contributed by atoms with Gasteiger partial charge in [-0.3, -0.25) is 10.1 Å². The van der Waals surface area contributed by atoms with Gasteiger partial charge < -0.3 is 9.47 Å². The van der Waals surface area contributed by atoms with E-state index in [4.69, 9.17) is 9.47 Å². The number of methoxy groups -OCH3 is 1. The van der Waals surface area contributed by atoms with Gasteiger partial charge in [-0.2, -0.15) is 0 Å². The Hall–Kier alpha value is -2.63. The van der Waals surface area contributed by atoms with E-state index in [0.717, 1.165) is 0 Å². The Balaban J connectivity index is 2.15. The van der Waals surface area contributed by atoms with Gasteiger partial charge in [0, 0.05) is 6.07 Å². The summed E-state index contributed by atoms with van der Waals surface area (Å²) in [5.74, 6) is 0.278. The average Bonchev–Trinajstić information content (AvgIpc) is 2.45. The highest BCUT2D eigenvalue weighted by molar-refractivity contribution is 5.48. The highest BCUT2D eigenvalue weighted by atomic mass is 19.1. The Kier molecular flexibility index (Phi) is 4.14. The topological polar surface area (TPSA) is 61.6 Å². The van der Waals surface area contributed by atoms with Crippen molar-refractivity contribution in [3.8, 4) is 11.5 Å². The second-order valence-corrected chi connectivity index (χ2v) is 4.01. The minimum absolute atomic E-state index is 0.0834. The molecule has 0 saturated heterocycles. The smallest absolute Gasteiger partial charge is 0.273 e. The molecular formula is C14H12FNO4. The molecule has 0 aliphatic carbocycles. The fraction of sp³-hybridized carbons (Fsp3) is 0.143. The van der Waals surface area contributed by atoms with E-state index in [0.29, 0.717) is 11.3 Å². The largest absolute Gasteiger partial charge is 0.493 e. The van der Waals surface area contributed by atoms with Gasteiger partial charge >= 0.3 is 0 Å². The fourth-order valence-corrected chi connectivity index (χ4v) is 1.68. The number of benzene rings is 2. The maximum absolute atomic E-state index is 13.0. The molecule has 0 radical (unpaired) electrons. The standard InChI is InChI=1S/C14H12FNO4/c1-19-14-8-12(16(17)18)5-6-13(14)20-9-10-3-2-4-11(15)7-10/h2-8H,9H2,1H3. The molecule has 0 atom stereocenters. The molecule has 0 N–H and O–H groups in total. The number of hydrogen-bond acceptors (Lipinski definition) is 4. The molecular weight excluding hydrogens is 265 g/mol. The van der Waals surface area contributed by atoms with E-state index in [1.807, 2.05) is 0 Å². The van der Waals surface area contributed by atoms with Gasteiger partial charge in [-0.15, -0.1) is 0 Å². The van der Waals surface area contributed by atoms with E-state index in [9.17, 15) is 14.5 Å². The van der Waals surface area contributed by atoms with Gasteiger partial charge in [0.05, 0.1) is 18.1 Å². The van der Waals surface area contributed by atoms with Gasteiger partial charge in [-0.05, 0) is 23.8 Å². The van der Waals surface area contributed by atoms with E-state index in [2.05, 4.69) is 0 Å². The van der Waals surface area contributed by atoms with Crippen molar-refractivity contribution in [3.63, 3.8) is 0 Å². The molecule has 5 nitrogen and oxygen atoms in total. The number of nitro groups is 1. The number of rotatable bonds is 5. The monoisotopic (exact) mass is 277 g/mol. The quantitative estimate of drug-likeness (QED) is 0.621. The molecule has 0 saturated carbocycles. The molecule has 20 heavy (non-hydrogen) atoms. The zero-order valence-corrected chi connectivity index (χ0v) is 10.7. The van der Waals surface area contributed by atoms with Crippen molar-refractivity contribution in [2.75, 3.05) is 7.11 Å². The Morgan fingerprint density at radius 1 is 1.20 bits per heavy atom. The van der Waals surface area contributed by atoms with E-state index < -0.39 is 4.92 Å². The van der Waals surface area contributed by atoms with Crippen LogP contribution in [0.1, 0.15) is 5.56 Å². The van der Waals surface area contributed by atoms with Crippen LogP contribution in [0.5, 0.6) is 11.5 Å². The molecule has 0 aliphatic heterocycles. The third-order valence-corrected chi connectivity index (χ3v) is 2.64. The molecule has 2 rings (SSSR count). The van der Waals surface area contributed by atoms with Gasteiger partial charge in [0.2, 0.25) is 0 Å². The van der Waals surface area contributed by atoms with Crippen molar-refractivity contribution in [3.05, 3.63) is 64.0 Å². The van der Waals surface area contributed by atoms with Crippen LogP contribution in [0, 0.1) is 15.9 Å². The number of ether oxygens (including phenoxy) is 2. The predicted octanol–water partition coefficient (Wildman–Crippen LogP) is 3.32. The van der Waals surface area contributed by atoms with Gasteiger partial charge in [-0.1, -0.05) is 12.1 Å². The summed E-state index contributed by atoms with van der Waals surface area (Å²) in [6, 6.07) is 10.1. The first-order valence-electron chi connectivity index (χ1n) is 5.80. The first-order valence-corrected chi connectivity index (χ1v) is 5.80. The van der Waals surface area contributed by atoms with E-state index >= 15 is 0 Å². The zero-order valence-electron chi connectivity index (χ0n) is 10.7. The zero-order chi connectivity index (χ0) is 14.5. The number of hydrogen-bond donors (Lipinski definition) is 0. The highest BCUT2D eigenvalue weighted by Gasteiger charge is 2.12. The second-order valence-electron chi connectivity index (χ2n) is 4.01. The normalized spacial score (nSPS) is 10.1. The van der Waals surface area contributed by atoms with E-state index in [-0.39, 0.29) is 23.9 Å². The van der Waals surface area contributed by atoms with Gasteiger partial charge in [0.1, 0.15) is 12.4 Å². The minimum atomic E-state index is -0.515. The second kappa shape index (κ2) is 6.01. The molecule has 0 aliphatic rings. The first-order chi connectivity index (χ1) is 9.60. The average molecular weight is 277 g/mol. The molecule has 0 bridgehead atoms. The lowest BCUT2D eigenvalue weighted by Crippen LogP contribution is -1.99. The number of nitrogens with zero attached hydrogens (tertiary/aromatic N) is 1. The van der Waals surface area contributed by atoms with Crippen molar-refractivity contribution >= 4 is 5.69 Å². The lowest BCUT2D eigenvalue weighted by Gasteiger charge is -2.10. The summed E-state index contributed by atoms with van der Waals surface area (Å²) in [5, 5.41) is 10.7. The molecule has 0 unspecified atom stereocenters. The van der Waals surface area contributed by atoms with Gasteiger partial charge in [0.15, 0.2) is 11.5 Å². The van der Waals surface area contributed by atoms with Crippen LogP contribution >= 0.6 is 0 Å². The van der Waals surface area contributed by atoms with Gasteiger partial charge in [0.25, 0.3) is 5.69 Å². The van der Waals surface area contributed by atoms with Crippen LogP contribution in [0.15, 0.2) is 42.5 Å². The summed E-state index contributed by atoms with van der Waals surface area (Å²) in [5.41, 5.74) is 0.574. The molecule has 0 aromatic heterocycles. The summed E-state index contributed by atoms with van der Waals surface area (Å²) in [4.78, 5) is 10.1. The maximum atomic E-state index is 13.0. The van der Waals surface area contributed by atoms with Crippen molar-refractivity contribution in [2.45, 2.75) is 6.61 Å². The van der Waals surface area contributed by atoms with Crippen molar-refractivity contribution in [1.29, 1.82) is 0 Å². The Morgan fingerprint density at radius 3 is 2.65 bits per heavy atom. The first kappa shape index (κ1) is 13.8. The van der Waals surface area contributed by atoms with Gasteiger partial charge in [-0.25, -0.2) is 4.39 Å². The Morgan fingerprint density at radius 2 is 2.00 bits per heavy atom. The molecule has 2 aromatic rings. The van der Waals surface area contributed by atoms with Crippen LogP contribution in [-0.2, 0) is 6.61 Å². The molecule has 6 heteroatoms. The summed E-state index contributed by atoms with van der Waals surface area (Å²) < 4.78 is 23.6. The van der Waals surface area contributed by atoms with Crippen molar-refractivity contribution in [1.82, 2.24) is 0 Å². The molecule has 104 valence electrons. The minimum Gasteiger partial charge on any atom is -0.493 e. The van der Waals surface area contributed by atoms with Crippen molar-refractivity contribution < 1.29 is 18.8 Å². The molecule has 2 aromatic carbocycles. The lowest BCUT2D eigenvalue weighted by atomic mass is 10.2. The number of nitro benzene ring substituents is 1. The molecule has 0 heterocycles. The van der Waals surface area contributed by atoms with Crippen molar-refractivity contribution in [2.24, 2.45) is 0 Å². The summed E-state index contributed by atoms with van der Waals surface area (Å²) in [7, 11) is 1.40. The predicted molar refractivity (Wildman–Crippen MR) is 70.4 cm³/mol. The molecule has 0 amide bonds. The van der Waals surface area contributed by atoms with E-state index in [1.54, 1.807) is 12.1 Å². The summed E-state index contributed by atoms with van der Waals surface area (Å²) in [6.45, 7) is 0.145. The Labute approximate surface area is 114 Å². The van der Waals surface area contributed by atoms with Crippen LogP contribution < -0.4 is 9.47 Å². The lowest BCUT2D eigenvalue weighted by molar-refractivity contribution is -0.385. The van der Waals surface area contributed by atoms with Crippen LogP contribution in [-0.4, -0.2) is 12.0 Å². The summed E-state index contributed by atoms with van der Waals surface area (Å²) >= 11 is 0. The summed E-state index contributed by atoms with van der Waals surface area (Å²) in [6.07, 6.45) is 0. The highest BCUT2D eigenvalue weighted by Crippen LogP contribution is 2.31. The number of non-ortho nitro benzene ring substituents is 1. The van der Waals surface area contributed by atoms with Crippen LogP contribution in [0.4, 0.5) is 10.1 Å². The van der Waals surface area contributed by atoms with Crippen LogP contribution in [0.2, 0.25) is 0 Å². The van der Waals surface area contributed by atoms with Crippen LogP contribution in [0.3, 0.4) is 0 Å². The SMILES string of the molecule is COc1cc([N+](=O)[O-])ccc1OCc1cccc(F)c1. The molecule has 0 spiro atoms. The van der Waals surface area contributed by atoms with Crippen LogP contribution in [0.25, 0.3) is 0 Å².